The molecule has 0 saturated heterocycles. The van der Waals surface area contributed by atoms with Gasteiger partial charge in [0.05, 0.1) is 29.0 Å². The zero-order valence-electron chi connectivity index (χ0n) is 16.7. The predicted octanol–water partition coefficient (Wildman–Crippen LogP) is 2.22. The number of aromatic nitrogens is 2. The van der Waals surface area contributed by atoms with Gasteiger partial charge in [-0.1, -0.05) is 29.8 Å². The predicted molar refractivity (Wildman–Crippen MR) is 116 cm³/mol. The summed E-state index contributed by atoms with van der Waals surface area (Å²) in [5.41, 5.74) is 0.996. The molecule has 0 aliphatic rings. The number of hydrogen-bond donors (Lipinski definition) is 3. The number of aliphatic hydroxyl groups is 2. The van der Waals surface area contributed by atoms with Crippen LogP contribution in [0, 0.1) is 6.92 Å². The molecule has 0 spiro atoms. The Kier molecular flexibility index (Phi) is 10.1. The van der Waals surface area contributed by atoms with Crippen LogP contribution in [-0.2, 0) is 16.2 Å². The number of nitrogens with two attached hydrogens (primary N) is 1. The maximum atomic E-state index is 13.1. The Morgan fingerprint density at radius 2 is 1.59 bits per heavy atom. The molecule has 3 aromatic rings. The summed E-state index contributed by atoms with van der Waals surface area (Å²) in [6.07, 6.45) is -5.17. The summed E-state index contributed by atoms with van der Waals surface area (Å²) >= 11 is 0. The van der Waals surface area contributed by atoms with Gasteiger partial charge < -0.3 is 10.2 Å². The van der Waals surface area contributed by atoms with Crippen LogP contribution in [0.3, 0.4) is 0 Å². The summed E-state index contributed by atoms with van der Waals surface area (Å²) in [6, 6.07) is 13.1. The first kappa shape index (κ1) is 28.3. The van der Waals surface area contributed by atoms with E-state index in [1.54, 1.807) is 24.3 Å². The van der Waals surface area contributed by atoms with E-state index in [-0.39, 0.29) is 52.4 Å². The van der Waals surface area contributed by atoms with Gasteiger partial charge in [0.2, 0.25) is 10.0 Å². The van der Waals surface area contributed by atoms with Crippen LogP contribution in [0.15, 0.2) is 59.5 Å². The number of hydrogen-bond acceptors (Lipinski definition) is 5. The summed E-state index contributed by atoms with van der Waals surface area (Å²) in [5, 5.41) is 24.7. The van der Waals surface area contributed by atoms with Crippen LogP contribution < -0.4 is 5.14 Å². The van der Waals surface area contributed by atoms with Crippen molar-refractivity contribution in [2.45, 2.75) is 31.0 Å². The molecule has 0 amide bonds. The van der Waals surface area contributed by atoms with Crippen molar-refractivity contribution >= 4 is 39.6 Å². The fraction of sp³-hybridized carbons (Fsp3) is 0.250. The van der Waals surface area contributed by atoms with Crippen molar-refractivity contribution in [3.63, 3.8) is 0 Å². The van der Waals surface area contributed by atoms with Gasteiger partial charge >= 0.3 is 35.7 Å². The van der Waals surface area contributed by atoms with Gasteiger partial charge in [-0.15, -0.1) is 0 Å². The molecule has 0 fully saturated rings. The van der Waals surface area contributed by atoms with Crippen molar-refractivity contribution in [2.75, 3.05) is 6.61 Å². The standard InChI is InChI=1S/C17H14F3N3O2S.C3H8O2.Na.H/c1-11-2-4-12(5-3-11)15-10-16(17(18,19)20)22-23(15)13-6-8-14(9-7-13)26(21,24)25;1-3(5)2-4;;/h2-10H,1H3,(H2,21,24,25);3-5H,2H2,1H3;;. The molecule has 4 N–H and O–H groups in total. The zero-order valence-corrected chi connectivity index (χ0v) is 17.5. The van der Waals surface area contributed by atoms with E-state index >= 15 is 0 Å². The van der Waals surface area contributed by atoms with Gasteiger partial charge in [-0.2, -0.15) is 18.3 Å². The second-order valence-corrected chi connectivity index (χ2v) is 8.32. The fourth-order valence-electron chi connectivity index (χ4n) is 2.42. The van der Waals surface area contributed by atoms with Gasteiger partial charge in [0.1, 0.15) is 0 Å². The summed E-state index contributed by atoms with van der Waals surface area (Å²) in [6.45, 7) is 3.26. The molecule has 1 atom stereocenters. The van der Waals surface area contributed by atoms with Crippen LogP contribution in [0.5, 0.6) is 0 Å². The van der Waals surface area contributed by atoms with E-state index in [1.165, 1.54) is 31.2 Å². The molecule has 1 aromatic heterocycles. The Morgan fingerprint density at radius 3 is 2.00 bits per heavy atom. The molecule has 1 unspecified atom stereocenters. The molecule has 32 heavy (non-hydrogen) atoms. The minimum atomic E-state index is -4.61. The van der Waals surface area contributed by atoms with Crippen molar-refractivity contribution in [1.82, 2.24) is 9.78 Å². The van der Waals surface area contributed by atoms with Gasteiger partial charge in [-0.05, 0) is 44.2 Å². The van der Waals surface area contributed by atoms with Gasteiger partial charge in [0.15, 0.2) is 5.69 Å². The molecule has 12 heteroatoms. The number of aliphatic hydroxyl groups excluding tert-OH is 2. The van der Waals surface area contributed by atoms with Crippen molar-refractivity contribution < 1.29 is 31.8 Å². The fourth-order valence-corrected chi connectivity index (χ4v) is 2.94. The van der Waals surface area contributed by atoms with Crippen LogP contribution in [0.1, 0.15) is 18.2 Å². The molecule has 0 bridgehead atoms. The van der Waals surface area contributed by atoms with Crippen LogP contribution >= 0.6 is 0 Å². The number of benzene rings is 2. The Labute approximate surface area is 206 Å². The SMILES string of the molecule is CC(O)CO.Cc1ccc(-c2cc(C(F)(F)F)nn2-c2ccc(S(N)(=O)=O)cc2)cc1.[NaH]. The third-order valence-corrected chi connectivity index (χ3v) is 4.95. The van der Waals surface area contributed by atoms with Gasteiger partial charge in [0.25, 0.3) is 0 Å². The van der Waals surface area contributed by atoms with Gasteiger partial charge in [0, 0.05) is 5.56 Å². The topological polar surface area (TPSA) is 118 Å². The summed E-state index contributed by atoms with van der Waals surface area (Å²) in [5.74, 6) is 0. The van der Waals surface area contributed by atoms with E-state index in [0.29, 0.717) is 5.56 Å². The van der Waals surface area contributed by atoms with E-state index in [2.05, 4.69) is 5.10 Å². The van der Waals surface area contributed by atoms with E-state index in [4.69, 9.17) is 15.4 Å². The number of sulfonamides is 1. The second kappa shape index (κ2) is 11.4. The average molecular weight is 481 g/mol. The molecule has 0 saturated carbocycles. The molecular formula is C20H23F3N3NaO4S. The van der Waals surface area contributed by atoms with E-state index in [1.807, 2.05) is 6.92 Å². The molecule has 7 nitrogen and oxygen atoms in total. The van der Waals surface area contributed by atoms with E-state index < -0.39 is 28.0 Å². The van der Waals surface area contributed by atoms with Gasteiger partial charge in [-0.3, -0.25) is 0 Å². The molecule has 0 aliphatic heterocycles. The normalized spacial score (nSPS) is 12.4. The van der Waals surface area contributed by atoms with Crippen LogP contribution in [0.25, 0.3) is 16.9 Å². The quantitative estimate of drug-likeness (QED) is 0.494. The van der Waals surface area contributed by atoms with E-state index in [9.17, 15) is 21.6 Å². The first-order valence-electron chi connectivity index (χ1n) is 8.99. The molecule has 3 rings (SSSR count). The Morgan fingerprint density at radius 1 is 1.09 bits per heavy atom. The van der Waals surface area contributed by atoms with Crippen molar-refractivity contribution in [2.24, 2.45) is 5.14 Å². The molecule has 0 radical (unpaired) electrons. The summed E-state index contributed by atoms with van der Waals surface area (Å²) in [7, 11) is -3.90. The summed E-state index contributed by atoms with van der Waals surface area (Å²) in [4.78, 5) is -0.138. The average Bonchev–Trinajstić information content (AvgIpc) is 3.14. The van der Waals surface area contributed by atoms with Crippen molar-refractivity contribution in [3.05, 3.63) is 65.9 Å². The van der Waals surface area contributed by atoms with Crippen LogP contribution in [-0.4, -0.2) is 70.7 Å². The Hall–Kier alpha value is -1.73. The minimum absolute atomic E-state index is 0. The number of primary sulfonamides is 1. The Balaban J connectivity index is 0.000000770. The Bertz CT molecular complexity index is 1110. The molecule has 2 aromatic carbocycles. The van der Waals surface area contributed by atoms with E-state index in [0.717, 1.165) is 16.3 Å². The number of rotatable bonds is 4. The maximum absolute atomic E-state index is 13.1. The monoisotopic (exact) mass is 481 g/mol. The molecular weight excluding hydrogens is 458 g/mol. The first-order chi connectivity index (χ1) is 14.3. The second-order valence-electron chi connectivity index (χ2n) is 6.76. The number of halogens is 3. The van der Waals surface area contributed by atoms with Crippen LogP contribution in [0.4, 0.5) is 13.2 Å². The number of aryl methyl sites for hydroxylation is 1. The van der Waals surface area contributed by atoms with Gasteiger partial charge in [-0.25, -0.2) is 18.2 Å². The zero-order chi connectivity index (χ0) is 23.4. The summed E-state index contributed by atoms with van der Waals surface area (Å²) < 4.78 is 63.2. The van der Waals surface area contributed by atoms with Crippen molar-refractivity contribution in [3.8, 4) is 16.9 Å². The van der Waals surface area contributed by atoms with Crippen molar-refractivity contribution in [1.29, 1.82) is 0 Å². The first-order valence-corrected chi connectivity index (χ1v) is 10.5. The number of nitrogens with zero attached hydrogens (tertiary/aromatic N) is 2. The van der Waals surface area contributed by atoms with Crippen LogP contribution in [0.2, 0.25) is 0 Å². The third kappa shape index (κ3) is 7.69. The molecule has 170 valence electrons. The number of alkyl halides is 3. The third-order valence-electron chi connectivity index (χ3n) is 4.02. The molecule has 0 aliphatic carbocycles. The molecule has 1 heterocycles.